The van der Waals surface area contributed by atoms with Crippen LogP contribution in [0.3, 0.4) is 0 Å². The number of likely N-dealkylation sites (N-methyl/N-ethyl adjacent to an activating group) is 1. The molecular weight excluding hydrogens is 306 g/mol. The molecule has 0 saturated heterocycles. The average Bonchev–Trinajstić information content (AvgIpc) is 2.87. The van der Waals surface area contributed by atoms with Crippen molar-refractivity contribution in [3.05, 3.63) is 45.9 Å². The van der Waals surface area contributed by atoms with E-state index in [0.717, 1.165) is 11.3 Å². The highest BCUT2D eigenvalue weighted by atomic mass is 32.2. The topological polar surface area (TPSA) is 76.3 Å². The van der Waals surface area contributed by atoms with Gasteiger partial charge >= 0.3 is 0 Å². The zero-order valence-corrected chi connectivity index (χ0v) is 13.7. The van der Waals surface area contributed by atoms with Crippen molar-refractivity contribution < 1.29 is 8.42 Å². The van der Waals surface area contributed by atoms with E-state index in [-0.39, 0.29) is 6.54 Å². The van der Waals surface area contributed by atoms with Gasteiger partial charge in [-0.25, -0.2) is 12.7 Å². The molecule has 0 bridgehead atoms. The minimum atomic E-state index is -3.50. The maximum Gasteiger partial charge on any atom is 0.244 e. The first-order valence-corrected chi connectivity index (χ1v) is 8.92. The summed E-state index contributed by atoms with van der Waals surface area (Å²) >= 11 is 1.39. The van der Waals surface area contributed by atoms with Gasteiger partial charge in [0.25, 0.3) is 0 Å². The van der Waals surface area contributed by atoms with Crippen molar-refractivity contribution >= 4 is 21.4 Å². The molecule has 21 heavy (non-hydrogen) atoms. The van der Waals surface area contributed by atoms with E-state index in [4.69, 9.17) is 5.73 Å². The van der Waals surface area contributed by atoms with E-state index < -0.39 is 10.0 Å². The van der Waals surface area contributed by atoms with E-state index in [1.807, 2.05) is 23.6 Å². The van der Waals surface area contributed by atoms with E-state index in [1.54, 1.807) is 20.2 Å². The molecule has 0 atom stereocenters. The molecule has 2 N–H and O–H groups in total. The number of aromatic nitrogens is 1. The van der Waals surface area contributed by atoms with Crippen LogP contribution in [-0.2, 0) is 23.0 Å². The van der Waals surface area contributed by atoms with Crippen molar-refractivity contribution in [2.24, 2.45) is 5.73 Å². The molecule has 0 aliphatic rings. The van der Waals surface area contributed by atoms with Crippen molar-refractivity contribution in [2.75, 3.05) is 13.6 Å². The molecule has 5 nitrogen and oxygen atoms in total. The Hall–Kier alpha value is -1.28. The Morgan fingerprint density at radius 2 is 2.14 bits per heavy atom. The Morgan fingerprint density at radius 1 is 1.38 bits per heavy atom. The Labute approximate surface area is 129 Å². The molecule has 0 radical (unpaired) electrons. The monoisotopic (exact) mass is 325 g/mol. The summed E-state index contributed by atoms with van der Waals surface area (Å²) in [6, 6.07) is 5.63. The predicted molar refractivity (Wildman–Crippen MR) is 84.7 cm³/mol. The molecule has 0 aliphatic carbocycles. The minimum Gasteiger partial charge on any atom is -0.326 e. The molecular formula is C14H19N3O2S2. The largest absolute Gasteiger partial charge is 0.326 e. The molecule has 0 amide bonds. The van der Waals surface area contributed by atoms with Crippen LogP contribution in [-0.4, -0.2) is 31.3 Å². The second-order valence-electron chi connectivity index (χ2n) is 4.77. The van der Waals surface area contributed by atoms with Gasteiger partial charge in [-0.1, -0.05) is 6.07 Å². The second kappa shape index (κ2) is 6.65. The van der Waals surface area contributed by atoms with Gasteiger partial charge in [0.05, 0.1) is 0 Å². The number of rotatable bonds is 6. The van der Waals surface area contributed by atoms with Gasteiger partial charge in [0, 0.05) is 43.3 Å². The van der Waals surface area contributed by atoms with Crippen LogP contribution in [0.2, 0.25) is 0 Å². The molecule has 2 aromatic heterocycles. The Morgan fingerprint density at radius 3 is 2.76 bits per heavy atom. The molecule has 0 aliphatic heterocycles. The first-order valence-electron chi connectivity index (χ1n) is 6.60. The van der Waals surface area contributed by atoms with Crippen LogP contribution in [0, 0.1) is 6.92 Å². The third kappa shape index (κ3) is 3.49. The number of sulfonamides is 1. The SMILES string of the molecule is Cc1csc(CN)c1S(=O)(=O)N(C)CCc1ccccn1. The van der Waals surface area contributed by atoms with Gasteiger partial charge in [-0.3, -0.25) is 4.98 Å². The van der Waals surface area contributed by atoms with Gasteiger partial charge in [-0.05, 0) is 30.0 Å². The lowest BCUT2D eigenvalue weighted by molar-refractivity contribution is 0.470. The molecule has 0 fully saturated rings. The van der Waals surface area contributed by atoms with Gasteiger partial charge in [0.15, 0.2) is 0 Å². The normalized spacial score (nSPS) is 12.0. The fourth-order valence-electron chi connectivity index (χ4n) is 2.07. The Bertz CT molecular complexity index is 696. The maximum atomic E-state index is 12.7. The number of pyridine rings is 1. The number of thiophene rings is 1. The zero-order chi connectivity index (χ0) is 15.5. The Kier molecular flexibility index (Phi) is 5.10. The van der Waals surface area contributed by atoms with Gasteiger partial charge in [0.2, 0.25) is 10.0 Å². The van der Waals surface area contributed by atoms with Crippen LogP contribution in [0.15, 0.2) is 34.7 Å². The fourth-order valence-corrected chi connectivity index (χ4v) is 4.88. The summed E-state index contributed by atoms with van der Waals surface area (Å²) in [6.45, 7) is 2.43. The number of nitrogens with two attached hydrogens (primary N) is 1. The van der Waals surface area contributed by atoms with E-state index in [9.17, 15) is 8.42 Å². The predicted octanol–water partition coefficient (Wildman–Crippen LogP) is 1.77. The molecule has 114 valence electrons. The number of hydrogen-bond donors (Lipinski definition) is 1. The molecule has 0 aromatic carbocycles. The van der Waals surface area contributed by atoms with Crippen molar-refractivity contribution in [1.82, 2.24) is 9.29 Å². The van der Waals surface area contributed by atoms with E-state index in [1.165, 1.54) is 15.6 Å². The maximum absolute atomic E-state index is 12.7. The van der Waals surface area contributed by atoms with Crippen molar-refractivity contribution in [3.8, 4) is 0 Å². The van der Waals surface area contributed by atoms with E-state index in [2.05, 4.69) is 4.98 Å². The lowest BCUT2D eigenvalue weighted by atomic mass is 10.3. The number of nitrogens with zero attached hydrogens (tertiary/aromatic N) is 2. The van der Waals surface area contributed by atoms with Crippen molar-refractivity contribution in [2.45, 2.75) is 24.8 Å². The third-order valence-corrected chi connectivity index (χ3v) is 6.60. The molecule has 2 heterocycles. The lowest BCUT2D eigenvalue weighted by Crippen LogP contribution is -2.30. The first kappa shape index (κ1) is 16.1. The standard InChI is InChI=1S/C14H19N3O2S2/c1-11-10-20-13(9-15)14(11)21(18,19)17(2)8-6-12-5-3-4-7-16-12/h3-5,7,10H,6,8-9,15H2,1-2H3. The van der Waals surface area contributed by atoms with E-state index >= 15 is 0 Å². The summed E-state index contributed by atoms with van der Waals surface area (Å²) in [6.07, 6.45) is 2.29. The van der Waals surface area contributed by atoms with Gasteiger partial charge in [-0.2, -0.15) is 0 Å². The summed E-state index contributed by atoms with van der Waals surface area (Å²) in [4.78, 5) is 5.27. The van der Waals surface area contributed by atoms with Gasteiger partial charge in [0.1, 0.15) is 4.90 Å². The highest BCUT2D eigenvalue weighted by molar-refractivity contribution is 7.89. The van der Waals surface area contributed by atoms with Crippen LogP contribution in [0.25, 0.3) is 0 Å². The quantitative estimate of drug-likeness (QED) is 0.878. The van der Waals surface area contributed by atoms with Crippen molar-refractivity contribution in [3.63, 3.8) is 0 Å². The summed E-state index contributed by atoms with van der Waals surface area (Å²) in [5.41, 5.74) is 7.27. The summed E-state index contributed by atoms with van der Waals surface area (Å²) in [5, 5.41) is 1.83. The highest BCUT2D eigenvalue weighted by Crippen LogP contribution is 2.28. The second-order valence-corrected chi connectivity index (χ2v) is 7.72. The highest BCUT2D eigenvalue weighted by Gasteiger charge is 2.26. The number of hydrogen-bond acceptors (Lipinski definition) is 5. The van der Waals surface area contributed by atoms with Crippen LogP contribution >= 0.6 is 11.3 Å². The summed E-state index contributed by atoms with van der Waals surface area (Å²) in [7, 11) is -1.91. The molecule has 0 unspecified atom stereocenters. The van der Waals surface area contributed by atoms with Crippen LogP contribution < -0.4 is 5.73 Å². The zero-order valence-electron chi connectivity index (χ0n) is 12.1. The minimum absolute atomic E-state index is 0.237. The summed E-state index contributed by atoms with van der Waals surface area (Å²) < 4.78 is 26.7. The number of aryl methyl sites for hydroxylation is 1. The van der Waals surface area contributed by atoms with E-state index in [0.29, 0.717) is 22.7 Å². The molecule has 7 heteroatoms. The fraction of sp³-hybridized carbons (Fsp3) is 0.357. The van der Waals surface area contributed by atoms with Gasteiger partial charge < -0.3 is 5.73 Å². The molecule has 0 saturated carbocycles. The lowest BCUT2D eigenvalue weighted by Gasteiger charge is -2.18. The van der Waals surface area contributed by atoms with Crippen LogP contribution in [0.4, 0.5) is 0 Å². The smallest absolute Gasteiger partial charge is 0.244 e. The average molecular weight is 325 g/mol. The Balaban J connectivity index is 2.17. The van der Waals surface area contributed by atoms with Gasteiger partial charge in [-0.15, -0.1) is 11.3 Å². The third-order valence-electron chi connectivity index (χ3n) is 3.25. The molecule has 2 aromatic rings. The summed E-state index contributed by atoms with van der Waals surface area (Å²) in [5.74, 6) is 0. The first-order chi connectivity index (χ1) is 9.96. The van der Waals surface area contributed by atoms with Crippen LogP contribution in [0.1, 0.15) is 16.1 Å². The van der Waals surface area contributed by atoms with Crippen LogP contribution in [0.5, 0.6) is 0 Å². The molecule has 0 spiro atoms. The van der Waals surface area contributed by atoms with Crippen molar-refractivity contribution in [1.29, 1.82) is 0 Å². The molecule has 2 rings (SSSR count).